The highest BCUT2D eigenvalue weighted by molar-refractivity contribution is 6.12. The van der Waals surface area contributed by atoms with Crippen LogP contribution >= 0.6 is 0 Å². The number of rotatable bonds is 2. The third-order valence-corrected chi connectivity index (χ3v) is 3.92. The number of Topliss-reactive ketones (excluding diaryl/α,β-unsaturated/α-hetero) is 1. The summed E-state index contributed by atoms with van der Waals surface area (Å²) in [6, 6.07) is -0.849. The number of methoxy groups -OCH3 is 1. The maximum absolute atomic E-state index is 12.7. The van der Waals surface area contributed by atoms with Crippen molar-refractivity contribution in [2.45, 2.75) is 57.3 Å². The molecule has 1 unspecified atom stereocenters. The Kier molecular flexibility index (Phi) is 4.48. The molecule has 0 bridgehead atoms. The highest BCUT2D eigenvalue weighted by Gasteiger charge is 2.61. The molecule has 1 amide bonds. The number of carbonyl (C=O) groups is 4. The van der Waals surface area contributed by atoms with Gasteiger partial charge in [0.15, 0.2) is 5.78 Å². The first kappa shape index (κ1) is 17.4. The second-order valence-electron chi connectivity index (χ2n) is 6.70. The predicted octanol–water partition coefficient (Wildman–Crippen LogP) is -0.249. The zero-order chi connectivity index (χ0) is 17.4. The van der Waals surface area contributed by atoms with Crippen molar-refractivity contribution in [3.8, 4) is 0 Å². The number of ketones is 1. The van der Waals surface area contributed by atoms with Gasteiger partial charge >= 0.3 is 11.9 Å². The van der Waals surface area contributed by atoms with E-state index in [9.17, 15) is 19.2 Å². The van der Waals surface area contributed by atoms with Crippen molar-refractivity contribution in [1.82, 2.24) is 10.2 Å². The number of nitrogens with one attached hydrogen (secondary N) is 1. The van der Waals surface area contributed by atoms with Crippen molar-refractivity contribution in [2.75, 3.05) is 13.7 Å². The van der Waals surface area contributed by atoms with Crippen LogP contribution in [0.3, 0.4) is 0 Å². The number of amides is 1. The summed E-state index contributed by atoms with van der Waals surface area (Å²) in [5.41, 5.74) is -2.78. The number of carbonyl (C=O) groups excluding carboxylic acids is 4. The standard InChI is InChI=1S/C15H22N2O6/c1-14(2,3)23-13(21)15-10(18)7-8-17(15)9(12(20)22-4)5-6-11(19)16-15/h9H,5-8H2,1-4H3,(H,16,19)/t9-,15?/m0/s1. The van der Waals surface area contributed by atoms with E-state index >= 15 is 0 Å². The number of ether oxygens (including phenoxy) is 2. The van der Waals surface area contributed by atoms with Gasteiger partial charge in [0, 0.05) is 19.4 Å². The molecule has 2 rings (SSSR count). The van der Waals surface area contributed by atoms with Crippen LogP contribution in [0.4, 0.5) is 0 Å². The van der Waals surface area contributed by atoms with Crippen molar-refractivity contribution in [3.05, 3.63) is 0 Å². The van der Waals surface area contributed by atoms with Crippen LogP contribution in [0.25, 0.3) is 0 Å². The molecule has 0 radical (unpaired) electrons. The minimum Gasteiger partial charge on any atom is -0.468 e. The van der Waals surface area contributed by atoms with Gasteiger partial charge in [-0.15, -0.1) is 0 Å². The lowest BCUT2D eigenvalue weighted by Crippen LogP contribution is -2.68. The largest absolute Gasteiger partial charge is 0.468 e. The fraction of sp³-hybridized carbons (Fsp3) is 0.733. The van der Waals surface area contributed by atoms with Crippen LogP contribution in [0.5, 0.6) is 0 Å². The molecule has 128 valence electrons. The predicted molar refractivity (Wildman–Crippen MR) is 78.1 cm³/mol. The van der Waals surface area contributed by atoms with Gasteiger partial charge in [0.05, 0.1) is 7.11 Å². The Morgan fingerprint density at radius 2 is 1.91 bits per heavy atom. The first-order valence-electron chi connectivity index (χ1n) is 7.54. The summed E-state index contributed by atoms with van der Waals surface area (Å²) in [6.45, 7) is 5.18. The fourth-order valence-corrected chi connectivity index (χ4v) is 2.96. The highest BCUT2D eigenvalue weighted by atomic mass is 16.6. The average Bonchev–Trinajstić information content (AvgIpc) is 2.67. The summed E-state index contributed by atoms with van der Waals surface area (Å²) in [6.07, 6.45) is 0.247. The summed E-state index contributed by atoms with van der Waals surface area (Å²) >= 11 is 0. The fourth-order valence-electron chi connectivity index (χ4n) is 2.96. The first-order chi connectivity index (χ1) is 10.6. The van der Waals surface area contributed by atoms with E-state index in [-0.39, 0.29) is 25.8 Å². The highest BCUT2D eigenvalue weighted by Crippen LogP contribution is 2.33. The van der Waals surface area contributed by atoms with Gasteiger partial charge < -0.3 is 14.8 Å². The first-order valence-corrected chi connectivity index (χ1v) is 7.54. The number of nitrogens with zero attached hydrogens (tertiary/aromatic N) is 1. The Labute approximate surface area is 134 Å². The summed E-state index contributed by atoms with van der Waals surface area (Å²) < 4.78 is 10.1. The molecule has 0 spiro atoms. The molecule has 2 aliphatic rings. The average molecular weight is 326 g/mol. The van der Waals surface area contributed by atoms with E-state index in [0.29, 0.717) is 0 Å². The van der Waals surface area contributed by atoms with E-state index in [0.717, 1.165) is 0 Å². The Bertz CT molecular complexity index is 553. The SMILES string of the molecule is COC(=O)[C@@H]1CCC(=O)NC2(C(=O)OC(C)(C)C)C(=O)CCN12. The lowest BCUT2D eigenvalue weighted by molar-refractivity contribution is -0.176. The lowest BCUT2D eigenvalue weighted by atomic mass is 10.0. The molecule has 2 fully saturated rings. The van der Waals surface area contributed by atoms with Gasteiger partial charge in [0.1, 0.15) is 11.6 Å². The van der Waals surface area contributed by atoms with Crippen molar-refractivity contribution in [2.24, 2.45) is 0 Å². The van der Waals surface area contributed by atoms with E-state index in [1.54, 1.807) is 20.8 Å². The van der Waals surface area contributed by atoms with Crippen LogP contribution in [0.1, 0.15) is 40.0 Å². The molecular formula is C15H22N2O6. The van der Waals surface area contributed by atoms with Crippen LogP contribution < -0.4 is 5.32 Å². The normalized spacial score (nSPS) is 28.6. The summed E-state index contributed by atoms with van der Waals surface area (Å²) in [4.78, 5) is 50.7. The van der Waals surface area contributed by atoms with Crippen molar-refractivity contribution < 1.29 is 28.7 Å². The molecule has 8 nitrogen and oxygen atoms in total. The van der Waals surface area contributed by atoms with Gasteiger partial charge in [0.2, 0.25) is 5.91 Å². The van der Waals surface area contributed by atoms with Crippen LogP contribution in [0.2, 0.25) is 0 Å². The molecule has 0 saturated carbocycles. The van der Waals surface area contributed by atoms with Crippen LogP contribution in [-0.2, 0) is 28.7 Å². The van der Waals surface area contributed by atoms with Crippen LogP contribution in [-0.4, -0.2) is 59.5 Å². The van der Waals surface area contributed by atoms with Gasteiger partial charge in [-0.05, 0) is 27.2 Å². The van der Waals surface area contributed by atoms with Crippen LogP contribution in [0, 0.1) is 0 Å². The topological polar surface area (TPSA) is 102 Å². The monoisotopic (exact) mass is 326 g/mol. The Morgan fingerprint density at radius 1 is 1.26 bits per heavy atom. The quantitative estimate of drug-likeness (QED) is 0.551. The van der Waals surface area contributed by atoms with Crippen LogP contribution in [0.15, 0.2) is 0 Å². The van der Waals surface area contributed by atoms with E-state index < -0.39 is 40.9 Å². The van der Waals surface area contributed by atoms with Crippen molar-refractivity contribution in [1.29, 1.82) is 0 Å². The maximum atomic E-state index is 12.7. The molecule has 8 heteroatoms. The molecule has 0 aliphatic carbocycles. The molecule has 23 heavy (non-hydrogen) atoms. The molecule has 2 heterocycles. The molecule has 0 aromatic heterocycles. The lowest BCUT2D eigenvalue weighted by Gasteiger charge is -2.38. The summed E-state index contributed by atoms with van der Waals surface area (Å²) in [5, 5.41) is 2.49. The molecule has 2 saturated heterocycles. The van der Waals surface area contributed by atoms with Gasteiger partial charge in [-0.2, -0.15) is 0 Å². The maximum Gasteiger partial charge on any atom is 0.356 e. The molecule has 2 atom stereocenters. The smallest absolute Gasteiger partial charge is 0.356 e. The number of hydrogen-bond acceptors (Lipinski definition) is 7. The number of fused-ring (bicyclic) bond motifs is 1. The van der Waals surface area contributed by atoms with Crippen molar-refractivity contribution in [3.63, 3.8) is 0 Å². The van der Waals surface area contributed by atoms with E-state index in [1.807, 2.05) is 0 Å². The third kappa shape index (κ3) is 3.08. The Hall–Kier alpha value is -1.96. The van der Waals surface area contributed by atoms with Crippen molar-refractivity contribution >= 4 is 23.6 Å². The zero-order valence-electron chi connectivity index (χ0n) is 13.8. The van der Waals surface area contributed by atoms with Gasteiger partial charge in [0.25, 0.3) is 5.66 Å². The van der Waals surface area contributed by atoms with Gasteiger partial charge in [-0.25, -0.2) is 4.79 Å². The molecule has 2 aliphatic heterocycles. The second kappa shape index (κ2) is 5.92. The van der Waals surface area contributed by atoms with Gasteiger partial charge in [-0.1, -0.05) is 0 Å². The second-order valence-corrected chi connectivity index (χ2v) is 6.70. The zero-order valence-corrected chi connectivity index (χ0v) is 13.8. The summed E-state index contributed by atoms with van der Waals surface area (Å²) in [7, 11) is 1.23. The van der Waals surface area contributed by atoms with Gasteiger partial charge in [-0.3, -0.25) is 19.3 Å². The van der Waals surface area contributed by atoms with E-state index in [4.69, 9.17) is 9.47 Å². The number of hydrogen-bond donors (Lipinski definition) is 1. The molecule has 0 aromatic rings. The molecule has 0 aromatic carbocycles. The van der Waals surface area contributed by atoms with E-state index in [2.05, 4.69) is 5.32 Å². The minimum absolute atomic E-state index is 0.0219. The Morgan fingerprint density at radius 3 is 2.48 bits per heavy atom. The Balaban J connectivity index is 2.48. The molecule has 1 N–H and O–H groups in total. The minimum atomic E-state index is -1.94. The number of esters is 2. The third-order valence-electron chi connectivity index (χ3n) is 3.92. The van der Waals surface area contributed by atoms with E-state index in [1.165, 1.54) is 12.0 Å². The summed E-state index contributed by atoms with van der Waals surface area (Å²) in [5.74, 6) is -2.39. The molecular weight excluding hydrogens is 304 g/mol.